The summed E-state index contributed by atoms with van der Waals surface area (Å²) in [4.78, 5) is 25.1. The van der Waals surface area contributed by atoms with Gasteiger partial charge in [0.2, 0.25) is 5.91 Å². The van der Waals surface area contributed by atoms with Crippen LogP contribution in [0, 0.1) is 0 Å². The summed E-state index contributed by atoms with van der Waals surface area (Å²) in [5.41, 5.74) is 8.98. The molecule has 0 aliphatic carbocycles. The van der Waals surface area contributed by atoms with E-state index in [0.29, 0.717) is 17.9 Å². The standard InChI is InChI=1S/C11H12N4O3/c1-2-18-11(17)8-3-5-9(6-4-8)14-10(16)7-13-15-12/h3-6H,2,7H2,1H3,(H,14,16). The van der Waals surface area contributed by atoms with Crippen molar-refractivity contribution in [1.29, 1.82) is 0 Å². The smallest absolute Gasteiger partial charge is 0.338 e. The minimum atomic E-state index is -0.420. The van der Waals surface area contributed by atoms with Gasteiger partial charge >= 0.3 is 5.97 Å². The molecule has 0 radical (unpaired) electrons. The number of carbonyl (C=O) groups excluding carboxylic acids is 2. The minimum Gasteiger partial charge on any atom is -0.462 e. The van der Waals surface area contributed by atoms with Crippen LogP contribution in [0.5, 0.6) is 0 Å². The first kappa shape index (κ1) is 13.5. The van der Waals surface area contributed by atoms with E-state index < -0.39 is 11.9 Å². The lowest BCUT2D eigenvalue weighted by Crippen LogP contribution is -2.14. The third-order valence-corrected chi connectivity index (χ3v) is 1.96. The average molecular weight is 248 g/mol. The summed E-state index contributed by atoms with van der Waals surface area (Å²) in [5, 5.41) is 5.65. The molecule has 0 fully saturated rings. The Morgan fingerprint density at radius 2 is 2.06 bits per heavy atom. The van der Waals surface area contributed by atoms with Crippen molar-refractivity contribution in [3.63, 3.8) is 0 Å². The maximum atomic E-state index is 11.4. The Bertz CT molecular complexity index is 478. The number of carbonyl (C=O) groups is 2. The Morgan fingerprint density at radius 3 is 2.61 bits per heavy atom. The molecule has 7 nitrogen and oxygen atoms in total. The van der Waals surface area contributed by atoms with Crippen molar-refractivity contribution < 1.29 is 14.3 Å². The van der Waals surface area contributed by atoms with Crippen molar-refractivity contribution in [2.75, 3.05) is 18.5 Å². The van der Waals surface area contributed by atoms with Crippen molar-refractivity contribution in [3.8, 4) is 0 Å². The van der Waals surface area contributed by atoms with Crippen molar-refractivity contribution in [1.82, 2.24) is 0 Å². The van der Waals surface area contributed by atoms with E-state index in [4.69, 9.17) is 10.3 Å². The van der Waals surface area contributed by atoms with Crippen LogP contribution >= 0.6 is 0 Å². The van der Waals surface area contributed by atoms with Gasteiger partial charge in [0.05, 0.1) is 12.2 Å². The molecule has 7 heteroatoms. The number of ether oxygens (including phenoxy) is 1. The molecule has 0 atom stereocenters. The zero-order valence-electron chi connectivity index (χ0n) is 9.79. The number of rotatable bonds is 5. The lowest BCUT2D eigenvalue weighted by molar-refractivity contribution is -0.114. The Hall–Kier alpha value is -2.53. The van der Waals surface area contributed by atoms with Crippen LogP contribution in [0.2, 0.25) is 0 Å². The lowest BCUT2D eigenvalue weighted by Gasteiger charge is -2.05. The summed E-state index contributed by atoms with van der Waals surface area (Å²) in [6.07, 6.45) is 0. The predicted molar refractivity (Wildman–Crippen MR) is 65.0 cm³/mol. The summed E-state index contributed by atoms with van der Waals surface area (Å²) in [7, 11) is 0. The Labute approximate surface area is 103 Å². The predicted octanol–water partition coefficient (Wildman–Crippen LogP) is 2.11. The number of hydrogen-bond donors (Lipinski definition) is 1. The number of azide groups is 1. The molecule has 0 aromatic heterocycles. The summed E-state index contributed by atoms with van der Waals surface area (Å²) in [5.74, 6) is -0.832. The fraction of sp³-hybridized carbons (Fsp3) is 0.273. The van der Waals surface area contributed by atoms with Crippen molar-refractivity contribution in [2.45, 2.75) is 6.92 Å². The topological polar surface area (TPSA) is 104 Å². The molecule has 0 bridgehead atoms. The molecule has 1 amide bonds. The summed E-state index contributed by atoms with van der Waals surface area (Å²) in [6.45, 7) is 1.77. The van der Waals surface area contributed by atoms with Gasteiger partial charge in [0.15, 0.2) is 0 Å². The van der Waals surface area contributed by atoms with E-state index in [2.05, 4.69) is 15.3 Å². The van der Waals surface area contributed by atoms with Crippen molar-refractivity contribution >= 4 is 17.6 Å². The van der Waals surface area contributed by atoms with Crippen LogP contribution in [0.3, 0.4) is 0 Å². The zero-order valence-corrected chi connectivity index (χ0v) is 9.79. The van der Waals surface area contributed by atoms with Gasteiger partial charge in [-0.2, -0.15) is 0 Å². The molecule has 1 rings (SSSR count). The zero-order chi connectivity index (χ0) is 13.4. The molecule has 94 valence electrons. The highest BCUT2D eigenvalue weighted by Crippen LogP contribution is 2.10. The number of nitrogens with zero attached hydrogens (tertiary/aromatic N) is 3. The van der Waals surface area contributed by atoms with E-state index in [1.54, 1.807) is 31.2 Å². The van der Waals surface area contributed by atoms with Gasteiger partial charge in [-0.05, 0) is 36.7 Å². The highest BCUT2D eigenvalue weighted by molar-refractivity contribution is 5.94. The number of nitrogens with one attached hydrogen (secondary N) is 1. The molecule has 1 N–H and O–H groups in total. The molecule has 1 aromatic carbocycles. The first-order chi connectivity index (χ1) is 8.67. The third-order valence-electron chi connectivity index (χ3n) is 1.96. The van der Waals surface area contributed by atoms with Crippen LogP contribution in [0.15, 0.2) is 29.4 Å². The lowest BCUT2D eigenvalue weighted by atomic mass is 10.2. The molecule has 0 heterocycles. The van der Waals surface area contributed by atoms with Gasteiger partial charge in [-0.15, -0.1) is 0 Å². The van der Waals surface area contributed by atoms with E-state index in [0.717, 1.165) is 0 Å². The molecule has 0 spiro atoms. The van der Waals surface area contributed by atoms with Crippen LogP contribution in [-0.4, -0.2) is 25.0 Å². The normalized spacial score (nSPS) is 9.17. The van der Waals surface area contributed by atoms with Crippen LogP contribution in [0.4, 0.5) is 5.69 Å². The molecule has 0 aliphatic heterocycles. The minimum absolute atomic E-state index is 0.268. The third kappa shape index (κ3) is 4.15. The Balaban J connectivity index is 2.62. The average Bonchev–Trinajstić information content (AvgIpc) is 2.37. The van der Waals surface area contributed by atoms with Crippen LogP contribution in [-0.2, 0) is 9.53 Å². The van der Waals surface area contributed by atoms with Crippen molar-refractivity contribution in [2.24, 2.45) is 5.11 Å². The van der Waals surface area contributed by atoms with E-state index in [9.17, 15) is 9.59 Å². The van der Waals surface area contributed by atoms with Gasteiger partial charge in [-0.3, -0.25) is 4.79 Å². The summed E-state index contributed by atoms with van der Waals surface area (Å²) < 4.78 is 4.82. The maximum Gasteiger partial charge on any atom is 0.338 e. The molecule has 1 aromatic rings. The van der Waals surface area contributed by atoms with Gasteiger partial charge in [0.25, 0.3) is 0 Å². The molecular weight excluding hydrogens is 236 g/mol. The van der Waals surface area contributed by atoms with Crippen LogP contribution in [0.1, 0.15) is 17.3 Å². The van der Waals surface area contributed by atoms with E-state index in [-0.39, 0.29) is 6.54 Å². The molecule has 0 saturated heterocycles. The highest BCUT2D eigenvalue weighted by Gasteiger charge is 2.06. The molecule has 0 saturated carbocycles. The Kier molecular flexibility index (Phi) is 5.21. The molecule has 0 aliphatic rings. The maximum absolute atomic E-state index is 11.4. The highest BCUT2D eigenvalue weighted by atomic mass is 16.5. The van der Waals surface area contributed by atoms with Gasteiger partial charge in [-0.25, -0.2) is 4.79 Å². The van der Waals surface area contributed by atoms with Gasteiger partial charge in [0.1, 0.15) is 6.54 Å². The number of benzene rings is 1. The van der Waals surface area contributed by atoms with Crippen LogP contribution in [0.25, 0.3) is 10.4 Å². The first-order valence-corrected chi connectivity index (χ1v) is 5.25. The first-order valence-electron chi connectivity index (χ1n) is 5.25. The van der Waals surface area contributed by atoms with E-state index in [1.807, 2.05) is 0 Å². The van der Waals surface area contributed by atoms with Crippen LogP contribution < -0.4 is 5.32 Å². The van der Waals surface area contributed by atoms with E-state index in [1.165, 1.54) is 0 Å². The fourth-order valence-electron chi connectivity index (χ4n) is 1.20. The monoisotopic (exact) mass is 248 g/mol. The molecular formula is C11H12N4O3. The summed E-state index contributed by atoms with van der Waals surface area (Å²) >= 11 is 0. The number of anilines is 1. The number of hydrogen-bond acceptors (Lipinski definition) is 4. The Morgan fingerprint density at radius 1 is 1.39 bits per heavy atom. The number of amides is 1. The quantitative estimate of drug-likeness (QED) is 0.373. The van der Waals surface area contributed by atoms with Gasteiger partial charge < -0.3 is 10.1 Å². The number of esters is 1. The second-order valence-corrected chi connectivity index (χ2v) is 3.23. The SMILES string of the molecule is CCOC(=O)c1ccc(NC(=O)CN=[N+]=[N-])cc1. The molecule has 18 heavy (non-hydrogen) atoms. The van der Waals surface area contributed by atoms with Gasteiger partial charge in [-0.1, -0.05) is 5.11 Å². The van der Waals surface area contributed by atoms with E-state index >= 15 is 0 Å². The van der Waals surface area contributed by atoms with Crippen molar-refractivity contribution in [3.05, 3.63) is 40.3 Å². The van der Waals surface area contributed by atoms with Gasteiger partial charge in [0, 0.05) is 10.6 Å². The second kappa shape index (κ2) is 6.93. The second-order valence-electron chi connectivity index (χ2n) is 3.23. The summed E-state index contributed by atoms with van der Waals surface area (Å²) in [6, 6.07) is 6.23. The fourth-order valence-corrected chi connectivity index (χ4v) is 1.20. The molecule has 0 unspecified atom stereocenters. The largest absolute Gasteiger partial charge is 0.462 e.